The third kappa shape index (κ3) is 3.40. The average molecular weight is 244 g/mol. The Balaban J connectivity index is 2.71. The normalized spacial score (nSPS) is 29.0. The maximum absolute atomic E-state index is 11.7. The molecule has 5 nitrogen and oxygen atoms in total. The summed E-state index contributed by atoms with van der Waals surface area (Å²) in [5.41, 5.74) is 0. The fourth-order valence-corrected chi connectivity index (χ4v) is 2.32. The number of likely N-dealkylation sites (N-methyl/N-ethyl adjacent to an activating group) is 1. The Hall–Kier alpha value is -0.650. The predicted molar refractivity (Wildman–Crippen MR) is 65.9 cm³/mol. The Morgan fingerprint density at radius 3 is 2.24 bits per heavy atom. The number of methoxy groups -OCH3 is 2. The Kier molecular flexibility index (Phi) is 5.36. The molecule has 17 heavy (non-hydrogen) atoms. The molecule has 0 N–H and O–H groups in total. The lowest BCUT2D eigenvalue weighted by molar-refractivity contribution is -0.151. The van der Waals surface area contributed by atoms with Crippen LogP contribution in [0, 0.1) is 0 Å². The minimum Gasteiger partial charge on any atom is -0.468 e. The van der Waals surface area contributed by atoms with Crippen LogP contribution in [0.2, 0.25) is 0 Å². The Morgan fingerprint density at radius 2 is 1.82 bits per heavy atom. The molecular formula is C12H24N2O3. The van der Waals surface area contributed by atoms with E-state index < -0.39 is 0 Å². The highest BCUT2D eigenvalue weighted by atomic mass is 16.5. The molecule has 0 aromatic heterocycles. The van der Waals surface area contributed by atoms with E-state index in [1.807, 2.05) is 0 Å². The highest BCUT2D eigenvalue weighted by Gasteiger charge is 2.34. The fourth-order valence-electron chi connectivity index (χ4n) is 2.32. The highest BCUT2D eigenvalue weighted by Crippen LogP contribution is 2.16. The summed E-state index contributed by atoms with van der Waals surface area (Å²) in [6.07, 6.45) is 0. The van der Waals surface area contributed by atoms with Gasteiger partial charge in [0.2, 0.25) is 0 Å². The lowest BCUT2D eigenvalue weighted by Gasteiger charge is -2.44. The first kappa shape index (κ1) is 14.4. The largest absolute Gasteiger partial charge is 0.468 e. The molecular weight excluding hydrogens is 220 g/mol. The maximum atomic E-state index is 11.7. The number of carbonyl (C=O) groups excluding carboxylic acids is 1. The summed E-state index contributed by atoms with van der Waals surface area (Å²) in [6, 6.07) is 0.578. The minimum absolute atomic E-state index is 0.212. The number of nitrogens with zero attached hydrogens (tertiary/aromatic N) is 2. The number of carbonyl (C=O) groups is 1. The van der Waals surface area contributed by atoms with Crippen molar-refractivity contribution in [3.8, 4) is 0 Å². The van der Waals surface area contributed by atoms with Crippen LogP contribution in [0.3, 0.4) is 0 Å². The third-order valence-electron chi connectivity index (χ3n) is 3.63. The summed E-state index contributed by atoms with van der Waals surface area (Å²) < 4.78 is 9.96. The first-order chi connectivity index (χ1) is 8.01. The topological polar surface area (TPSA) is 42.0 Å². The lowest BCUT2D eigenvalue weighted by Crippen LogP contribution is -2.60. The summed E-state index contributed by atoms with van der Waals surface area (Å²) in [4.78, 5) is 16.2. The molecule has 0 radical (unpaired) electrons. The second kappa shape index (κ2) is 6.33. The van der Waals surface area contributed by atoms with Crippen molar-refractivity contribution in [3.05, 3.63) is 0 Å². The van der Waals surface area contributed by atoms with Gasteiger partial charge in [-0.25, -0.2) is 0 Å². The van der Waals surface area contributed by atoms with Crippen molar-refractivity contribution in [2.75, 3.05) is 41.0 Å². The molecule has 0 aromatic rings. The second-order valence-corrected chi connectivity index (χ2v) is 4.81. The van der Waals surface area contributed by atoms with Crippen molar-refractivity contribution in [1.29, 1.82) is 0 Å². The monoisotopic (exact) mass is 244 g/mol. The summed E-state index contributed by atoms with van der Waals surface area (Å²) in [6.45, 7) is 6.46. The number of hydrogen-bond acceptors (Lipinski definition) is 5. The molecule has 1 fully saturated rings. The molecule has 1 aliphatic heterocycles. The van der Waals surface area contributed by atoms with Gasteiger partial charge in [0, 0.05) is 32.3 Å². The summed E-state index contributed by atoms with van der Waals surface area (Å²) in [5, 5.41) is 0. The van der Waals surface area contributed by atoms with Crippen molar-refractivity contribution in [2.45, 2.75) is 32.0 Å². The van der Waals surface area contributed by atoms with Crippen molar-refractivity contribution in [3.63, 3.8) is 0 Å². The summed E-state index contributed by atoms with van der Waals surface area (Å²) in [7, 11) is 5.16. The molecule has 5 heteroatoms. The van der Waals surface area contributed by atoms with Gasteiger partial charge in [0.25, 0.3) is 0 Å². The van der Waals surface area contributed by atoms with E-state index in [0.29, 0.717) is 18.7 Å². The van der Waals surface area contributed by atoms with Crippen molar-refractivity contribution < 1.29 is 14.3 Å². The highest BCUT2D eigenvalue weighted by molar-refractivity contribution is 5.75. The zero-order valence-electron chi connectivity index (χ0n) is 11.5. The molecule has 0 aromatic carbocycles. The summed E-state index contributed by atoms with van der Waals surface area (Å²) >= 11 is 0. The van der Waals surface area contributed by atoms with E-state index in [1.165, 1.54) is 7.11 Å². The SMILES string of the molecule is COCC(C(=O)OC)N1C[C@H](C)N(C)[C@@H](C)C1. The van der Waals surface area contributed by atoms with Gasteiger partial charge in [-0.3, -0.25) is 14.6 Å². The van der Waals surface area contributed by atoms with Crippen LogP contribution in [0.1, 0.15) is 13.8 Å². The van der Waals surface area contributed by atoms with Crippen molar-refractivity contribution in [2.24, 2.45) is 0 Å². The molecule has 1 aliphatic rings. The molecule has 100 valence electrons. The van der Waals surface area contributed by atoms with Gasteiger partial charge in [0.15, 0.2) is 0 Å². The maximum Gasteiger partial charge on any atom is 0.325 e. The third-order valence-corrected chi connectivity index (χ3v) is 3.63. The lowest BCUT2D eigenvalue weighted by atomic mass is 10.1. The number of ether oxygens (including phenoxy) is 2. The summed E-state index contributed by atoms with van der Waals surface area (Å²) in [5.74, 6) is -0.212. The van der Waals surface area contributed by atoms with Crippen molar-refractivity contribution >= 4 is 5.97 Å². The van der Waals surface area contributed by atoms with Crippen molar-refractivity contribution in [1.82, 2.24) is 9.80 Å². The number of piperazine rings is 1. The zero-order valence-corrected chi connectivity index (χ0v) is 11.5. The molecule has 0 saturated carbocycles. The van der Waals surface area contributed by atoms with Gasteiger partial charge >= 0.3 is 5.97 Å². The van der Waals surface area contributed by atoms with Gasteiger partial charge in [0.05, 0.1) is 13.7 Å². The van der Waals surface area contributed by atoms with Crippen LogP contribution in [0.15, 0.2) is 0 Å². The van der Waals surface area contributed by atoms with E-state index in [1.54, 1.807) is 7.11 Å². The number of esters is 1. The molecule has 0 amide bonds. The van der Waals surface area contributed by atoms with Gasteiger partial charge in [-0.2, -0.15) is 0 Å². The molecule has 1 unspecified atom stereocenters. The molecule has 1 heterocycles. The van der Waals surface area contributed by atoms with Crippen LogP contribution in [-0.4, -0.2) is 74.9 Å². The molecule has 0 aliphatic carbocycles. The average Bonchev–Trinajstić information content (AvgIpc) is 2.31. The molecule has 0 bridgehead atoms. The number of hydrogen-bond donors (Lipinski definition) is 0. The molecule has 1 saturated heterocycles. The van der Waals surface area contributed by atoms with Crippen LogP contribution < -0.4 is 0 Å². The Morgan fingerprint density at radius 1 is 1.29 bits per heavy atom. The van der Waals surface area contributed by atoms with Gasteiger partial charge in [-0.15, -0.1) is 0 Å². The Labute approximate surface area is 104 Å². The van der Waals surface area contributed by atoms with Crippen LogP contribution in [0.4, 0.5) is 0 Å². The van der Waals surface area contributed by atoms with Gasteiger partial charge in [-0.05, 0) is 20.9 Å². The van der Waals surface area contributed by atoms with E-state index in [0.717, 1.165) is 13.1 Å². The molecule has 1 rings (SSSR count). The second-order valence-electron chi connectivity index (χ2n) is 4.81. The first-order valence-corrected chi connectivity index (χ1v) is 6.04. The van der Waals surface area contributed by atoms with Crippen LogP contribution in [0.25, 0.3) is 0 Å². The van der Waals surface area contributed by atoms with E-state index in [9.17, 15) is 4.79 Å². The van der Waals surface area contributed by atoms with E-state index in [4.69, 9.17) is 9.47 Å². The molecule has 3 atom stereocenters. The van der Waals surface area contributed by atoms with E-state index >= 15 is 0 Å². The standard InChI is InChI=1S/C12H24N2O3/c1-9-6-14(7-10(2)13(9)3)11(8-16-4)12(15)17-5/h9-11H,6-8H2,1-5H3/t9-,10-,11?/m0/s1. The van der Waals surface area contributed by atoms with Crippen LogP contribution >= 0.6 is 0 Å². The van der Waals surface area contributed by atoms with Gasteiger partial charge in [0.1, 0.15) is 6.04 Å². The van der Waals surface area contributed by atoms with Crippen LogP contribution in [0.5, 0.6) is 0 Å². The van der Waals surface area contributed by atoms with Crippen LogP contribution in [-0.2, 0) is 14.3 Å². The quantitative estimate of drug-likeness (QED) is 0.661. The van der Waals surface area contributed by atoms with Gasteiger partial charge < -0.3 is 9.47 Å². The smallest absolute Gasteiger partial charge is 0.325 e. The fraction of sp³-hybridized carbons (Fsp3) is 0.917. The number of rotatable bonds is 4. The van der Waals surface area contributed by atoms with E-state index in [2.05, 4.69) is 30.7 Å². The predicted octanol–water partition coefficient (Wildman–Crippen LogP) is 0.199. The zero-order chi connectivity index (χ0) is 13.0. The Bertz CT molecular complexity index is 248. The minimum atomic E-state index is -0.288. The van der Waals surface area contributed by atoms with E-state index in [-0.39, 0.29) is 12.0 Å². The first-order valence-electron chi connectivity index (χ1n) is 6.04. The van der Waals surface area contributed by atoms with Gasteiger partial charge in [-0.1, -0.05) is 0 Å². The molecule has 0 spiro atoms.